The number of amides is 1. The van der Waals surface area contributed by atoms with Crippen LogP contribution in [0.3, 0.4) is 0 Å². The smallest absolute Gasteiger partial charge is 0.241 e. The number of ether oxygens (including phenoxy) is 1. The molecule has 1 amide bonds. The van der Waals surface area contributed by atoms with Gasteiger partial charge in [0.25, 0.3) is 0 Å². The number of benzene rings is 1. The zero-order chi connectivity index (χ0) is 18.4. The summed E-state index contributed by atoms with van der Waals surface area (Å²) >= 11 is 0. The Labute approximate surface area is 154 Å². The molecule has 3 rings (SSSR count). The monoisotopic (exact) mass is 355 g/mol. The average molecular weight is 355 g/mol. The number of hydrogen-bond acceptors (Lipinski definition) is 6. The van der Waals surface area contributed by atoms with E-state index in [1.165, 1.54) is 0 Å². The summed E-state index contributed by atoms with van der Waals surface area (Å²) in [5, 5.41) is 3.01. The summed E-state index contributed by atoms with van der Waals surface area (Å²) in [7, 11) is 1.63. The van der Waals surface area contributed by atoms with Crippen LogP contribution in [0.1, 0.15) is 13.3 Å². The number of rotatable bonds is 6. The van der Waals surface area contributed by atoms with E-state index < -0.39 is 0 Å². The van der Waals surface area contributed by atoms with Gasteiger partial charge in [-0.1, -0.05) is 6.92 Å². The van der Waals surface area contributed by atoms with Crippen LogP contribution in [0.5, 0.6) is 5.75 Å². The third kappa shape index (κ3) is 4.29. The van der Waals surface area contributed by atoms with E-state index >= 15 is 0 Å². The molecule has 7 nitrogen and oxygen atoms in total. The van der Waals surface area contributed by atoms with Gasteiger partial charge < -0.3 is 15.0 Å². The minimum absolute atomic E-state index is 0.0297. The van der Waals surface area contributed by atoms with Crippen molar-refractivity contribution >= 4 is 17.5 Å². The van der Waals surface area contributed by atoms with E-state index in [0.29, 0.717) is 0 Å². The highest BCUT2D eigenvalue weighted by atomic mass is 16.5. The van der Waals surface area contributed by atoms with Gasteiger partial charge in [0.2, 0.25) is 11.9 Å². The van der Waals surface area contributed by atoms with Gasteiger partial charge in [-0.05, 0) is 36.8 Å². The molecular weight excluding hydrogens is 330 g/mol. The molecule has 0 spiro atoms. The number of methoxy groups -OCH3 is 1. The first kappa shape index (κ1) is 18.1. The van der Waals surface area contributed by atoms with Crippen molar-refractivity contribution in [2.45, 2.75) is 19.4 Å². The maximum Gasteiger partial charge on any atom is 0.241 e. The largest absolute Gasteiger partial charge is 0.497 e. The number of aromatic nitrogens is 2. The predicted octanol–water partition coefficient (Wildman–Crippen LogP) is 2.02. The SMILES string of the molecule is CCC(C(=O)Nc1ccc(OC)cc1)N1CCN(c2ncccn2)CC1. The molecule has 2 aromatic rings. The van der Waals surface area contributed by atoms with Gasteiger partial charge in [0.05, 0.1) is 13.2 Å². The molecule has 0 radical (unpaired) electrons. The Balaban J connectivity index is 1.57. The topological polar surface area (TPSA) is 70.6 Å². The highest BCUT2D eigenvalue weighted by molar-refractivity contribution is 5.94. The second kappa shape index (κ2) is 8.62. The summed E-state index contributed by atoms with van der Waals surface area (Å²) in [6, 6.07) is 9.07. The van der Waals surface area contributed by atoms with Crippen molar-refractivity contribution in [3.63, 3.8) is 0 Å². The first-order chi connectivity index (χ1) is 12.7. The lowest BCUT2D eigenvalue weighted by atomic mass is 10.1. The highest BCUT2D eigenvalue weighted by Crippen LogP contribution is 2.18. The Bertz CT molecular complexity index is 700. The van der Waals surface area contributed by atoms with Crippen molar-refractivity contribution in [3.05, 3.63) is 42.7 Å². The zero-order valence-electron chi connectivity index (χ0n) is 15.3. The van der Waals surface area contributed by atoms with Crippen molar-refractivity contribution in [3.8, 4) is 5.75 Å². The molecule has 26 heavy (non-hydrogen) atoms. The molecule has 1 saturated heterocycles. The number of hydrogen-bond donors (Lipinski definition) is 1. The van der Waals surface area contributed by atoms with Crippen LogP contribution >= 0.6 is 0 Å². The van der Waals surface area contributed by atoms with E-state index in [4.69, 9.17) is 4.74 Å². The van der Waals surface area contributed by atoms with Gasteiger partial charge in [0, 0.05) is 44.3 Å². The number of nitrogens with zero attached hydrogens (tertiary/aromatic N) is 4. The van der Waals surface area contributed by atoms with Gasteiger partial charge >= 0.3 is 0 Å². The molecule has 1 aliphatic heterocycles. The van der Waals surface area contributed by atoms with Crippen LogP contribution < -0.4 is 15.0 Å². The van der Waals surface area contributed by atoms with Crippen LogP contribution in [-0.4, -0.2) is 60.1 Å². The third-order valence-electron chi connectivity index (χ3n) is 4.64. The molecule has 1 atom stereocenters. The Morgan fingerprint density at radius 1 is 1.15 bits per heavy atom. The Kier molecular flexibility index (Phi) is 6.01. The average Bonchev–Trinajstić information content (AvgIpc) is 2.70. The summed E-state index contributed by atoms with van der Waals surface area (Å²) in [6.45, 7) is 5.30. The van der Waals surface area contributed by atoms with Gasteiger partial charge in [-0.3, -0.25) is 9.69 Å². The fourth-order valence-corrected chi connectivity index (χ4v) is 3.20. The number of nitrogens with one attached hydrogen (secondary N) is 1. The molecule has 0 saturated carbocycles. The van der Waals surface area contributed by atoms with Crippen molar-refractivity contribution < 1.29 is 9.53 Å². The van der Waals surface area contributed by atoms with E-state index in [2.05, 4.69) is 25.1 Å². The van der Waals surface area contributed by atoms with Crippen LogP contribution in [0, 0.1) is 0 Å². The Morgan fingerprint density at radius 3 is 2.38 bits per heavy atom. The second-order valence-electron chi connectivity index (χ2n) is 6.21. The lowest BCUT2D eigenvalue weighted by Gasteiger charge is -2.38. The number of carbonyl (C=O) groups is 1. The predicted molar refractivity (Wildman–Crippen MR) is 102 cm³/mol. The Hall–Kier alpha value is -2.67. The molecule has 1 N–H and O–H groups in total. The molecule has 7 heteroatoms. The van der Waals surface area contributed by atoms with Gasteiger partial charge in [-0.15, -0.1) is 0 Å². The van der Waals surface area contributed by atoms with Crippen LogP contribution in [0.15, 0.2) is 42.7 Å². The second-order valence-corrected chi connectivity index (χ2v) is 6.21. The number of piperazine rings is 1. The van der Waals surface area contributed by atoms with Crippen LogP contribution in [0.25, 0.3) is 0 Å². The van der Waals surface area contributed by atoms with E-state index in [1.54, 1.807) is 19.5 Å². The molecule has 1 aromatic carbocycles. The van der Waals surface area contributed by atoms with E-state index in [1.807, 2.05) is 37.3 Å². The normalized spacial score (nSPS) is 16.2. The first-order valence-electron chi connectivity index (χ1n) is 8.92. The van der Waals surface area contributed by atoms with E-state index in [9.17, 15) is 4.79 Å². The summed E-state index contributed by atoms with van der Waals surface area (Å²) in [6.07, 6.45) is 4.28. The molecule has 1 aliphatic rings. The molecule has 1 aromatic heterocycles. The van der Waals surface area contributed by atoms with Gasteiger partial charge in [-0.2, -0.15) is 0 Å². The van der Waals surface area contributed by atoms with E-state index in [0.717, 1.165) is 50.0 Å². The molecule has 1 fully saturated rings. The van der Waals surface area contributed by atoms with Crippen molar-refractivity contribution in [2.75, 3.05) is 43.5 Å². The number of carbonyl (C=O) groups excluding carboxylic acids is 1. The molecular formula is C19H25N5O2. The standard InChI is InChI=1S/C19H25N5O2/c1-3-17(18(25)22-15-5-7-16(26-2)8-6-15)23-11-13-24(14-12-23)19-20-9-4-10-21-19/h4-10,17H,3,11-14H2,1-2H3,(H,22,25). The maximum atomic E-state index is 12.7. The summed E-state index contributed by atoms with van der Waals surface area (Å²) in [4.78, 5) is 25.7. The molecule has 1 unspecified atom stereocenters. The Morgan fingerprint density at radius 2 is 1.81 bits per heavy atom. The van der Waals surface area contributed by atoms with Crippen LogP contribution in [-0.2, 0) is 4.79 Å². The molecule has 2 heterocycles. The summed E-state index contributed by atoms with van der Waals surface area (Å²) < 4.78 is 5.15. The number of anilines is 2. The lowest BCUT2D eigenvalue weighted by molar-refractivity contribution is -0.121. The van der Waals surface area contributed by atoms with Crippen LogP contribution in [0.4, 0.5) is 11.6 Å². The van der Waals surface area contributed by atoms with Crippen molar-refractivity contribution in [1.82, 2.24) is 14.9 Å². The maximum absolute atomic E-state index is 12.7. The lowest BCUT2D eigenvalue weighted by Crippen LogP contribution is -2.54. The van der Waals surface area contributed by atoms with Crippen molar-refractivity contribution in [1.29, 1.82) is 0 Å². The molecule has 0 bridgehead atoms. The summed E-state index contributed by atoms with van der Waals surface area (Å²) in [5.74, 6) is 1.55. The minimum atomic E-state index is -0.143. The third-order valence-corrected chi connectivity index (χ3v) is 4.64. The minimum Gasteiger partial charge on any atom is -0.497 e. The van der Waals surface area contributed by atoms with E-state index in [-0.39, 0.29) is 11.9 Å². The van der Waals surface area contributed by atoms with Gasteiger partial charge in [0.1, 0.15) is 5.75 Å². The first-order valence-corrected chi connectivity index (χ1v) is 8.92. The van der Waals surface area contributed by atoms with Crippen LogP contribution in [0.2, 0.25) is 0 Å². The van der Waals surface area contributed by atoms with Gasteiger partial charge in [0.15, 0.2) is 0 Å². The van der Waals surface area contributed by atoms with Gasteiger partial charge in [-0.25, -0.2) is 9.97 Å². The summed E-state index contributed by atoms with van der Waals surface area (Å²) in [5.41, 5.74) is 0.783. The quantitative estimate of drug-likeness (QED) is 0.855. The van der Waals surface area contributed by atoms with Crippen molar-refractivity contribution in [2.24, 2.45) is 0 Å². The molecule has 138 valence electrons. The fourth-order valence-electron chi connectivity index (χ4n) is 3.20. The zero-order valence-corrected chi connectivity index (χ0v) is 15.3. The molecule has 0 aliphatic carbocycles. The highest BCUT2D eigenvalue weighted by Gasteiger charge is 2.28. The fraction of sp³-hybridized carbons (Fsp3) is 0.421.